The number of aryl methyl sites for hydroxylation is 2. The van der Waals surface area contributed by atoms with Gasteiger partial charge in [-0.3, -0.25) is 0 Å². The molecule has 0 spiro atoms. The molecule has 0 aliphatic heterocycles. The molecule has 0 bridgehead atoms. The molecule has 2 aromatic carbocycles. The van der Waals surface area contributed by atoms with E-state index in [2.05, 4.69) is 72.2 Å². The van der Waals surface area contributed by atoms with Crippen LogP contribution in [0.2, 0.25) is 0 Å². The predicted octanol–water partition coefficient (Wildman–Crippen LogP) is 4.37. The highest BCUT2D eigenvalue weighted by atomic mass is 79.9. The highest BCUT2D eigenvalue weighted by Gasteiger charge is 2.12. The minimum Gasteiger partial charge on any atom is -0.320 e. The van der Waals surface area contributed by atoms with Crippen molar-refractivity contribution in [2.45, 2.75) is 26.3 Å². The molecule has 0 aromatic heterocycles. The summed E-state index contributed by atoms with van der Waals surface area (Å²) < 4.78 is 1.08. The monoisotopic (exact) mass is 303 g/mol. The van der Waals surface area contributed by atoms with E-state index in [0.29, 0.717) is 0 Å². The van der Waals surface area contributed by atoms with Gasteiger partial charge in [0.15, 0.2) is 0 Å². The zero-order chi connectivity index (χ0) is 13.1. The number of hydrogen-bond acceptors (Lipinski definition) is 1. The van der Waals surface area contributed by atoms with Crippen molar-refractivity contribution in [2.75, 3.05) is 0 Å². The fourth-order valence-corrected chi connectivity index (χ4v) is 2.81. The van der Waals surface area contributed by atoms with Crippen LogP contribution in [-0.4, -0.2) is 0 Å². The molecular formula is C16H18BrN. The van der Waals surface area contributed by atoms with Crippen LogP contribution in [-0.2, 0) is 6.42 Å². The average Bonchev–Trinajstić information content (AvgIpc) is 2.38. The zero-order valence-corrected chi connectivity index (χ0v) is 12.4. The lowest BCUT2D eigenvalue weighted by Crippen LogP contribution is -2.12. The second kappa shape index (κ2) is 5.68. The maximum absolute atomic E-state index is 6.36. The van der Waals surface area contributed by atoms with Crippen LogP contribution in [0.1, 0.15) is 35.2 Å². The Hall–Kier alpha value is -1.12. The van der Waals surface area contributed by atoms with Gasteiger partial charge in [-0.2, -0.15) is 0 Å². The summed E-state index contributed by atoms with van der Waals surface area (Å²) >= 11 is 3.60. The van der Waals surface area contributed by atoms with E-state index in [1.54, 1.807) is 0 Å². The molecule has 2 aromatic rings. The molecule has 1 unspecified atom stereocenters. The van der Waals surface area contributed by atoms with E-state index in [1.165, 1.54) is 16.7 Å². The Kier molecular flexibility index (Phi) is 4.20. The maximum Gasteiger partial charge on any atom is 0.0562 e. The van der Waals surface area contributed by atoms with E-state index in [0.717, 1.165) is 16.5 Å². The van der Waals surface area contributed by atoms with Gasteiger partial charge in [0.2, 0.25) is 0 Å². The summed E-state index contributed by atoms with van der Waals surface area (Å²) in [7, 11) is 0. The first-order valence-corrected chi connectivity index (χ1v) is 7.01. The lowest BCUT2D eigenvalue weighted by molar-refractivity contribution is 0.861. The molecule has 18 heavy (non-hydrogen) atoms. The number of hydrogen-bond donors (Lipinski definition) is 1. The molecule has 1 atom stereocenters. The van der Waals surface area contributed by atoms with Crippen LogP contribution < -0.4 is 5.73 Å². The van der Waals surface area contributed by atoms with Crippen LogP contribution >= 0.6 is 15.9 Å². The number of benzene rings is 2. The summed E-state index contributed by atoms with van der Waals surface area (Å²) in [6.07, 6.45) is 1.04. The summed E-state index contributed by atoms with van der Waals surface area (Å²) in [4.78, 5) is 0. The molecule has 2 heteroatoms. The van der Waals surface area contributed by atoms with Crippen molar-refractivity contribution in [3.63, 3.8) is 0 Å². The molecule has 1 nitrogen and oxygen atoms in total. The standard InChI is InChI=1S/C16H18BrN/c1-3-12-5-4-6-13(10-12)16(18)14-8-7-11(2)9-15(14)17/h4-10,16H,3,18H2,1-2H3. The van der Waals surface area contributed by atoms with Gasteiger partial charge in [-0.05, 0) is 41.7 Å². The van der Waals surface area contributed by atoms with Gasteiger partial charge in [-0.1, -0.05) is 59.3 Å². The van der Waals surface area contributed by atoms with Crippen molar-refractivity contribution >= 4 is 15.9 Å². The lowest BCUT2D eigenvalue weighted by atomic mass is 9.97. The molecule has 0 aliphatic rings. The molecule has 2 N–H and O–H groups in total. The normalized spacial score (nSPS) is 12.4. The molecule has 0 heterocycles. The molecule has 94 valence electrons. The van der Waals surface area contributed by atoms with E-state index in [-0.39, 0.29) is 6.04 Å². The summed E-state index contributed by atoms with van der Waals surface area (Å²) in [5.74, 6) is 0. The maximum atomic E-state index is 6.36. The molecule has 2 rings (SSSR count). The van der Waals surface area contributed by atoms with Crippen molar-refractivity contribution < 1.29 is 0 Å². The van der Waals surface area contributed by atoms with E-state index < -0.39 is 0 Å². The van der Waals surface area contributed by atoms with Gasteiger partial charge >= 0.3 is 0 Å². The van der Waals surface area contributed by atoms with Crippen molar-refractivity contribution in [3.8, 4) is 0 Å². The van der Waals surface area contributed by atoms with E-state index in [9.17, 15) is 0 Å². The van der Waals surface area contributed by atoms with Gasteiger partial charge in [-0.25, -0.2) is 0 Å². The number of halogens is 1. The summed E-state index contributed by atoms with van der Waals surface area (Å²) in [6.45, 7) is 4.24. The van der Waals surface area contributed by atoms with Crippen molar-refractivity contribution in [2.24, 2.45) is 5.73 Å². The van der Waals surface area contributed by atoms with Crippen molar-refractivity contribution in [3.05, 3.63) is 69.2 Å². The van der Waals surface area contributed by atoms with Gasteiger partial charge in [0, 0.05) is 4.47 Å². The molecule has 0 saturated heterocycles. The quantitative estimate of drug-likeness (QED) is 0.895. The van der Waals surface area contributed by atoms with Crippen molar-refractivity contribution in [1.29, 1.82) is 0 Å². The molecule has 0 saturated carbocycles. The Morgan fingerprint density at radius 3 is 2.61 bits per heavy atom. The van der Waals surface area contributed by atoms with Gasteiger partial charge in [-0.15, -0.1) is 0 Å². The first kappa shape index (κ1) is 13.3. The second-order valence-electron chi connectivity index (χ2n) is 4.60. The highest BCUT2D eigenvalue weighted by Crippen LogP contribution is 2.28. The van der Waals surface area contributed by atoms with Crippen molar-refractivity contribution in [1.82, 2.24) is 0 Å². The van der Waals surface area contributed by atoms with Crippen LogP contribution in [0, 0.1) is 6.92 Å². The average molecular weight is 304 g/mol. The topological polar surface area (TPSA) is 26.0 Å². The Balaban J connectivity index is 2.37. The minimum atomic E-state index is -0.0773. The van der Waals surface area contributed by atoms with Gasteiger partial charge in [0.1, 0.15) is 0 Å². The lowest BCUT2D eigenvalue weighted by Gasteiger charge is -2.15. The van der Waals surface area contributed by atoms with Crippen LogP contribution in [0.5, 0.6) is 0 Å². The van der Waals surface area contributed by atoms with Crippen LogP contribution in [0.4, 0.5) is 0 Å². The van der Waals surface area contributed by atoms with Gasteiger partial charge < -0.3 is 5.73 Å². The minimum absolute atomic E-state index is 0.0773. The largest absolute Gasteiger partial charge is 0.320 e. The molecule has 0 amide bonds. The predicted molar refractivity (Wildman–Crippen MR) is 80.7 cm³/mol. The van der Waals surface area contributed by atoms with Gasteiger partial charge in [0.25, 0.3) is 0 Å². The fraction of sp³-hybridized carbons (Fsp3) is 0.250. The van der Waals surface area contributed by atoms with Crippen LogP contribution in [0.25, 0.3) is 0 Å². The second-order valence-corrected chi connectivity index (χ2v) is 5.46. The molecular weight excluding hydrogens is 286 g/mol. The third-order valence-electron chi connectivity index (χ3n) is 3.21. The zero-order valence-electron chi connectivity index (χ0n) is 10.8. The Bertz CT molecular complexity index is 549. The van der Waals surface area contributed by atoms with E-state index in [1.807, 2.05) is 0 Å². The van der Waals surface area contributed by atoms with Gasteiger partial charge in [0.05, 0.1) is 6.04 Å². The molecule has 0 fully saturated rings. The Labute approximate surface area is 117 Å². The van der Waals surface area contributed by atoms with E-state index >= 15 is 0 Å². The van der Waals surface area contributed by atoms with Crippen LogP contribution in [0.15, 0.2) is 46.9 Å². The van der Waals surface area contributed by atoms with Crippen LogP contribution in [0.3, 0.4) is 0 Å². The third kappa shape index (κ3) is 2.82. The summed E-state index contributed by atoms with van der Waals surface area (Å²) in [5.41, 5.74) is 11.2. The summed E-state index contributed by atoms with van der Waals surface area (Å²) in [5, 5.41) is 0. The first-order valence-electron chi connectivity index (χ1n) is 6.22. The fourth-order valence-electron chi connectivity index (χ4n) is 2.07. The Morgan fingerprint density at radius 1 is 1.17 bits per heavy atom. The summed E-state index contributed by atoms with van der Waals surface area (Å²) in [6, 6.07) is 14.7. The van der Waals surface area contributed by atoms with E-state index in [4.69, 9.17) is 5.73 Å². The number of nitrogens with two attached hydrogens (primary N) is 1. The highest BCUT2D eigenvalue weighted by molar-refractivity contribution is 9.10. The first-order chi connectivity index (χ1) is 8.61. The molecule has 0 aliphatic carbocycles. The smallest absolute Gasteiger partial charge is 0.0562 e. The SMILES string of the molecule is CCc1cccc(C(N)c2ccc(C)cc2Br)c1. The number of rotatable bonds is 3. The third-order valence-corrected chi connectivity index (χ3v) is 3.90. The Morgan fingerprint density at radius 2 is 1.94 bits per heavy atom. The molecule has 0 radical (unpaired) electrons.